The van der Waals surface area contributed by atoms with Crippen LogP contribution in [0.3, 0.4) is 0 Å². The molecule has 0 unspecified atom stereocenters. The molecule has 6 nitrogen and oxygen atoms in total. The van der Waals surface area contributed by atoms with Crippen LogP contribution in [0.2, 0.25) is 0 Å². The first-order chi connectivity index (χ1) is 10.7. The van der Waals surface area contributed by atoms with Crippen molar-refractivity contribution in [1.29, 1.82) is 0 Å². The summed E-state index contributed by atoms with van der Waals surface area (Å²) in [4.78, 5) is 11.2. The van der Waals surface area contributed by atoms with Crippen LogP contribution in [-0.4, -0.2) is 27.5 Å². The first-order valence-electron chi connectivity index (χ1n) is 6.97. The molecule has 22 heavy (non-hydrogen) atoms. The number of rotatable bonds is 5. The van der Waals surface area contributed by atoms with Crippen LogP contribution in [0.4, 0.5) is 0 Å². The minimum absolute atomic E-state index is 0.199. The molecule has 2 aromatic carbocycles. The van der Waals surface area contributed by atoms with Crippen molar-refractivity contribution in [3.05, 3.63) is 53.9 Å². The van der Waals surface area contributed by atoms with E-state index in [0.29, 0.717) is 18.8 Å². The maximum atomic E-state index is 11.2. The Kier molecular flexibility index (Phi) is 3.74. The van der Waals surface area contributed by atoms with Gasteiger partial charge in [0.25, 0.3) is 5.91 Å². The molecule has 0 saturated carbocycles. The lowest BCUT2D eigenvalue weighted by molar-refractivity contribution is 0.0995. The molecule has 3 aromatic rings. The number of primary amides is 1. The highest BCUT2D eigenvalue weighted by Gasteiger charge is 2.13. The molecule has 3 rings (SSSR count). The summed E-state index contributed by atoms with van der Waals surface area (Å²) in [5.74, 6) is 0.254. The summed E-state index contributed by atoms with van der Waals surface area (Å²) >= 11 is 0. The van der Waals surface area contributed by atoms with Crippen LogP contribution in [0.25, 0.3) is 10.8 Å². The van der Waals surface area contributed by atoms with Crippen molar-refractivity contribution < 1.29 is 9.53 Å². The second-order valence-corrected chi connectivity index (χ2v) is 4.94. The lowest BCUT2D eigenvalue weighted by Crippen LogP contribution is -2.15. The molecule has 1 heterocycles. The normalized spacial score (nSPS) is 10.8. The van der Waals surface area contributed by atoms with Gasteiger partial charge in [-0.05, 0) is 18.4 Å². The molecule has 0 saturated heterocycles. The van der Waals surface area contributed by atoms with Gasteiger partial charge in [0.2, 0.25) is 0 Å². The van der Waals surface area contributed by atoms with Crippen molar-refractivity contribution in [1.82, 2.24) is 15.0 Å². The highest BCUT2D eigenvalue weighted by atomic mass is 16.5. The summed E-state index contributed by atoms with van der Waals surface area (Å²) in [6.45, 7) is 2.68. The van der Waals surface area contributed by atoms with Gasteiger partial charge >= 0.3 is 0 Å². The molecule has 0 spiro atoms. The summed E-state index contributed by atoms with van der Waals surface area (Å²) in [6.07, 6.45) is 0. The van der Waals surface area contributed by atoms with E-state index in [2.05, 4.69) is 10.3 Å². The molecule has 0 radical (unpaired) electrons. The Morgan fingerprint density at radius 3 is 2.77 bits per heavy atom. The second-order valence-electron chi connectivity index (χ2n) is 4.94. The van der Waals surface area contributed by atoms with Crippen LogP contribution < -0.4 is 10.5 Å². The van der Waals surface area contributed by atoms with Gasteiger partial charge in [-0.3, -0.25) is 4.79 Å². The Balaban J connectivity index is 1.71. The van der Waals surface area contributed by atoms with Crippen molar-refractivity contribution in [3.63, 3.8) is 0 Å². The molecule has 0 aliphatic heterocycles. The Bertz CT molecular complexity index is 821. The van der Waals surface area contributed by atoms with E-state index in [1.165, 1.54) is 0 Å². The highest BCUT2D eigenvalue weighted by Crippen LogP contribution is 2.25. The average molecular weight is 296 g/mol. The Hall–Kier alpha value is -2.89. The molecular formula is C16H16N4O2. The number of aromatic nitrogens is 3. The number of amides is 1. The van der Waals surface area contributed by atoms with Crippen LogP contribution in [0.5, 0.6) is 5.75 Å². The molecule has 0 fully saturated rings. The minimum atomic E-state index is -0.571. The predicted molar refractivity (Wildman–Crippen MR) is 82.7 cm³/mol. The van der Waals surface area contributed by atoms with Crippen molar-refractivity contribution in [2.75, 3.05) is 6.61 Å². The summed E-state index contributed by atoms with van der Waals surface area (Å²) in [6, 6.07) is 14.0. The number of carbonyl (C=O) groups is 1. The van der Waals surface area contributed by atoms with Crippen molar-refractivity contribution >= 4 is 16.7 Å². The Morgan fingerprint density at radius 2 is 2.00 bits per heavy atom. The molecule has 0 aliphatic carbocycles. The summed E-state index contributed by atoms with van der Waals surface area (Å²) < 4.78 is 7.46. The van der Waals surface area contributed by atoms with Crippen LogP contribution in [-0.2, 0) is 6.54 Å². The van der Waals surface area contributed by atoms with Gasteiger partial charge in [-0.15, -0.1) is 5.10 Å². The fourth-order valence-electron chi connectivity index (χ4n) is 2.36. The first-order valence-corrected chi connectivity index (χ1v) is 6.97. The number of benzene rings is 2. The molecule has 6 heteroatoms. The molecule has 0 atom stereocenters. The van der Waals surface area contributed by atoms with E-state index in [4.69, 9.17) is 10.5 Å². The van der Waals surface area contributed by atoms with Gasteiger partial charge in [-0.1, -0.05) is 41.6 Å². The fourth-order valence-corrected chi connectivity index (χ4v) is 2.36. The topological polar surface area (TPSA) is 83.0 Å². The average Bonchev–Trinajstić information content (AvgIpc) is 2.89. The number of fused-ring (bicyclic) bond motifs is 1. The van der Waals surface area contributed by atoms with Crippen LogP contribution in [0.1, 0.15) is 16.2 Å². The standard InChI is InChI=1S/C16H16N4O2/c1-11-15(16(17)21)18-19-20(11)9-10-22-14-8-4-6-12-5-2-3-7-13(12)14/h2-8H,9-10H2,1H3,(H2,17,21). The maximum absolute atomic E-state index is 11.2. The number of nitrogens with two attached hydrogens (primary N) is 1. The molecule has 2 N–H and O–H groups in total. The molecule has 0 bridgehead atoms. The van der Waals surface area contributed by atoms with Gasteiger partial charge in [0.05, 0.1) is 12.2 Å². The van der Waals surface area contributed by atoms with E-state index in [9.17, 15) is 4.79 Å². The quantitative estimate of drug-likeness (QED) is 0.779. The van der Waals surface area contributed by atoms with Gasteiger partial charge in [0.15, 0.2) is 5.69 Å². The van der Waals surface area contributed by atoms with Crippen molar-refractivity contribution in [2.24, 2.45) is 5.73 Å². The van der Waals surface area contributed by atoms with Crippen molar-refractivity contribution in [3.8, 4) is 5.75 Å². The third-order valence-corrected chi connectivity index (χ3v) is 3.53. The van der Waals surface area contributed by atoms with Crippen LogP contribution in [0.15, 0.2) is 42.5 Å². The lowest BCUT2D eigenvalue weighted by Gasteiger charge is -2.09. The van der Waals surface area contributed by atoms with E-state index in [1.807, 2.05) is 42.5 Å². The highest BCUT2D eigenvalue weighted by molar-refractivity contribution is 5.91. The summed E-state index contributed by atoms with van der Waals surface area (Å²) in [7, 11) is 0. The monoisotopic (exact) mass is 296 g/mol. The third-order valence-electron chi connectivity index (χ3n) is 3.53. The molecule has 112 valence electrons. The van der Waals surface area contributed by atoms with Gasteiger partial charge in [-0.25, -0.2) is 4.68 Å². The van der Waals surface area contributed by atoms with E-state index in [1.54, 1.807) is 11.6 Å². The maximum Gasteiger partial charge on any atom is 0.271 e. The SMILES string of the molecule is Cc1c(C(N)=O)nnn1CCOc1cccc2ccccc12. The Labute approximate surface area is 127 Å². The zero-order valence-electron chi connectivity index (χ0n) is 12.2. The van der Waals surface area contributed by atoms with Gasteiger partial charge in [0.1, 0.15) is 12.4 Å². The van der Waals surface area contributed by atoms with E-state index in [0.717, 1.165) is 16.5 Å². The number of hydrogen-bond donors (Lipinski definition) is 1. The zero-order chi connectivity index (χ0) is 15.5. The van der Waals surface area contributed by atoms with Crippen LogP contribution in [0, 0.1) is 6.92 Å². The lowest BCUT2D eigenvalue weighted by atomic mass is 10.1. The smallest absolute Gasteiger partial charge is 0.271 e. The van der Waals surface area contributed by atoms with E-state index < -0.39 is 5.91 Å². The number of hydrogen-bond acceptors (Lipinski definition) is 4. The first kappa shape index (κ1) is 14.1. The minimum Gasteiger partial charge on any atom is -0.491 e. The molecule has 1 amide bonds. The number of nitrogens with zero attached hydrogens (tertiary/aromatic N) is 3. The van der Waals surface area contributed by atoms with Gasteiger partial charge in [0, 0.05) is 5.39 Å². The van der Waals surface area contributed by atoms with Crippen LogP contribution >= 0.6 is 0 Å². The summed E-state index contributed by atoms with van der Waals surface area (Å²) in [5.41, 5.74) is 6.07. The number of carbonyl (C=O) groups excluding carboxylic acids is 1. The predicted octanol–water partition coefficient (Wildman–Crippen LogP) is 1.92. The third kappa shape index (κ3) is 2.63. The van der Waals surface area contributed by atoms with Gasteiger partial charge in [-0.2, -0.15) is 0 Å². The molecule has 0 aliphatic rings. The number of ether oxygens (including phenoxy) is 1. The van der Waals surface area contributed by atoms with Gasteiger partial charge < -0.3 is 10.5 Å². The second kappa shape index (κ2) is 5.85. The Morgan fingerprint density at radius 1 is 1.23 bits per heavy atom. The molecule has 1 aromatic heterocycles. The summed E-state index contributed by atoms with van der Waals surface area (Å²) in [5, 5.41) is 9.89. The van der Waals surface area contributed by atoms with Crippen molar-refractivity contribution in [2.45, 2.75) is 13.5 Å². The van der Waals surface area contributed by atoms with E-state index in [-0.39, 0.29) is 5.69 Å². The van der Waals surface area contributed by atoms with E-state index >= 15 is 0 Å². The fraction of sp³-hybridized carbons (Fsp3) is 0.188. The largest absolute Gasteiger partial charge is 0.491 e. The zero-order valence-corrected chi connectivity index (χ0v) is 12.2. The molecular weight excluding hydrogens is 280 g/mol.